The summed E-state index contributed by atoms with van der Waals surface area (Å²) in [5.74, 6) is 1.76. The molecule has 4 aliphatic carbocycles. The Labute approximate surface area is 467 Å². The lowest BCUT2D eigenvalue weighted by molar-refractivity contribution is 0.000164. The molecule has 2 aromatic carbocycles. The Morgan fingerprint density at radius 2 is 0.474 bits per heavy atom. The normalized spacial score (nSPS) is 15.1. The zero-order valence-electron chi connectivity index (χ0n) is 45.0. The number of hydrogen-bond donors (Lipinski definition) is 0. The smallest absolute Gasteiger partial charge is 0.119 e. The maximum atomic E-state index is 6.12. The highest BCUT2D eigenvalue weighted by Gasteiger charge is 2.34. The van der Waals surface area contributed by atoms with Crippen molar-refractivity contribution in [2.24, 2.45) is 0 Å². The van der Waals surface area contributed by atoms with Crippen molar-refractivity contribution in [1.29, 1.82) is 0 Å². The lowest BCUT2D eigenvalue weighted by Crippen LogP contribution is -2.13. The molecule has 0 saturated heterocycles. The molecule has 0 amide bonds. The Morgan fingerprint density at radius 3 is 0.724 bits per heavy atom. The number of methoxy groups -OCH3 is 2. The van der Waals surface area contributed by atoms with Crippen molar-refractivity contribution in [2.75, 3.05) is 120 Å². The van der Waals surface area contributed by atoms with Gasteiger partial charge >= 0.3 is 0 Å². The van der Waals surface area contributed by atoms with Gasteiger partial charge in [0.2, 0.25) is 0 Å². The van der Waals surface area contributed by atoms with Gasteiger partial charge in [0.05, 0.1) is 92.5 Å². The molecule has 0 saturated carbocycles. The standard InChI is InChI=1S/C62H78O10S4/c1-63-27-29-65-31-33-67-35-37-69-39-41-71-45-23-19-43(20-24-45)55-47-11-3-5-13-49(47)57(73-55)59-51-15-7-9-17-53(51)61(75-59)62-54-18-10-8-16-52(54)60(76-62)58-50-14-6-4-12-48(50)56(74-58)44-21-25-46(26-22-44)72-42-40-70-38-36-68-34-32-66-30-28-64-2/h19-26H,3-18,27-42H2,1-2H3. The highest BCUT2D eigenvalue weighted by atomic mass is 32.1. The van der Waals surface area contributed by atoms with Crippen LogP contribution in [0.5, 0.6) is 11.5 Å². The van der Waals surface area contributed by atoms with E-state index in [1.165, 1.54) is 111 Å². The van der Waals surface area contributed by atoms with E-state index in [0.717, 1.165) is 24.3 Å². The van der Waals surface area contributed by atoms with Crippen molar-refractivity contribution in [1.82, 2.24) is 0 Å². The summed E-state index contributed by atoms with van der Waals surface area (Å²) in [6.07, 6.45) is 19.7. The van der Waals surface area contributed by atoms with Gasteiger partial charge in [-0.1, -0.05) is 0 Å². The number of rotatable bonds is 31. The van der Waals surface area contributed by atoms with Crippen molar-refractivity contribution in [3.05, 3.63) is 93.0 Å². The van der Waals surface area contributed by atoms with E-state index >= 15 is 0 Å². The van der Waals surface area contributed by atoms with Crippen LogP contribution in [0.2, 0.25) is 0 Å². The molecule has 4 heterocycles. The molecule has 410 valence electrons. The van der Waals surface area contributed by atoms with Gasteiger partial charge in [-0.15, -0.1) is 45.3 Å². The quantitative estimate of drug-likeness (QED) is 0.0392. The summed E-state index contributed by atoms with van der Waals surface area (Å²) < 4.78 is 55.9. The second kappa shape index (κ2) is 29.1. The average Bonchev–Trinajstić information content (AvgIpc) is 4.37. The molecular weight excluding hydrogens is 1030 g/mol. The van der Waals surface area contributed by atoms with E-state index < -0.39 is 0 Å². The summed E-state index contributed by atoms with van der Waals surface area (Å²) >= 11 is 8.45. The lowest BCUT2D eigenvalue weighted by Gasteiger charge is -2.17. The van der Waals surface area contributed by atoms with Crippen LogP contribution in [0.4, 0.5) is 0 Å². The van der Waals surface area contributed by atoms with E-state index in [0.29, 0.717) is 106 Å². The van der Waals surface area contributed by atoms with Crippen LogP contribution in [-0.2, 0) is 89.3 Å². The van der Waals surface area contributed by atoms with Crippen LogP contribution in [-0.4, -0.2) is 120 Å². The predicted molar refractivity (Wildman–Crippen MR) is 311 cm³/mol. The molecule has 76 heavy (non-hydrogen) atoms. The summed E-state index contributed by atoms with van der Waals surface area (Å²) in [5.41, 5.74) is 15.7. The van der Waals surface area contributed by atoms with Gasteiger partial charge in [-0.3, -0.25) is 0 Å². The van der Waals surface area contributed by atoms with Crippen LogP contribution in [0, 0.1) is 0 Å². The van der Waals surface area contributed by atoms with E-state index in [9.17, 15) is 0 Å². The number of ether oxygens (including phenoxy) is 10. The third kappa shape index (κ3) is 13.9. The van der Waals surface area contributed by atoms with Crippen molar-refractivity contribution in [2.45, 2.75) is 103 Å². The van der Waals surface area contributed by atoms with Crippen molar-refractivity contribution >= 4 is 45.3 Å². The summed E-state index contributed by atoms with van der Waals surface area (Å²) in [6, 6.07) is 17.7. The summed E-state index contributed by atoms with van der Waals surface area (Å²) in [6.45, 7) is 8.81. The van der Waals surface area contributed by atoms with Crippen LogP contribution in [0.1, 0.15) is 95.9 Å². The molecule has 0 radical (unpaired) electrons. The van der Waals surface area contributed by atoms with Crippen LogP contribution in [0.3, 0.4) is 0 Å². The highest BCUT2D eigenvalue weighted by molar-refractivity contribution is 7.30. The second-order valence-corrected chi connectivity index (χ2v) is 24.2. The number of benzene rings is 2. The maximum absolute atomic E-state index is 6.12. The molecule has 0 N–H and O–H groups in total. The minimum atomic E-state index is 0.505. The Morgan fingerprint density at radius 1 is 0.263 bits per heavy atom. The third-order valence-corrected chi connectivity index (χ3v) is 20.8. The van der Waals surface area contributed by atoms with Gasteiger partial charge in [-0.05, 0) is 207 Å². The van der Waals surface area contributed by atoms with E-state index in [1.807, 2.05) is 0 Å². The summed E-state index contributed by atoms with van der Waals surface area (Å²) in [4.78, 5) is 12.4. The molecule has 6 aromatic rings. The van der Waals surface area contributed by atoms with Crippen molar-refractivity contribution in [3.63, 3.8) is 0 Å². The molecule has 14 heteroatoms. The third-order valence-electron chi connectivity index (χ3n) is 15.1. The molecule has 0 fully saturated rings. The highest BCUT2D eigenvalue weighted by Crippen LogP contribution is 2.57. The van der Waals surface area contributed by atoms with E-state index in [-0.39, 0.29) is 0 Å². The Hall–Kier alpha value is -3.48. The first-order chi connectivity index (χ1) is 37.7. The summed E-state index contributed by atoms with van der Waals surface area (Å²) in [5, 5.41) is 0. The molecule has 0 spiro atoms. The summed E-state index contributed by atoms with van der Waals surface area (Å²) in [7, 11) is 3.35. The van der Waals surface area contributed by atoms with Crippen molar-refractivity contribution in [3.8, 4) is 61.6 Å². The lowest BCUT2D eigenvalue weighted by atomic mass is 9.86. The van der Waals surface area contributed by atoms with Crippen LogP contribution >= 0.6 is 45.3 Å². The molecule has 10 rings (SSSR count). The average molecular weight is 1110 g/mol. The van der Waals surface area contributed by atoms with E-state index in [4.69, 9.17) is 47.4 Å². The Bertz CT molecular complexity index is 2550. The van der Waals surface area contributed by atoms with E-state index in [1.54, 1.807) is 88.0 Å². The second-order valence-electron chi connectivity index (χ2n) is 20.1. The molecule has 10 nitrogen and oxygen atoms in total. The predicted octanol–water partition coefficient (Wildman–Crippen LogP) is 13.9. The fourth-order valence-corrected chi connectivity index (χ4v) is 17.5. The topological polar surface area (TPSA) is 92.3 Å². The molecular formula is C62H78O10S4. The Balaban J connectivity index is 0.832. The first-order valence-electron chi connectivity index (χ1n) is 28.2. The zero-order chi connectivity index (χ0) is 51.7. The SMILES string of the molecule is COCCOCCOCCOCCOc1ccc(-c2sc(-c3sc(-c4sc(-c5sc(-c6ccc(OCCOCCOCCOCCOC)cc6)c6c5CCCC6)c5c4CCCC5)c4c3CCCC4)c3c2CCCC3)cc1. The van der Waals surface area contributed by atoms with Gasteiger partial charge in [-0.2, -0.15) is 0 Å². The largest absolute Gasteiger partial charge is 0.491 e. The minimum Gasteiger partial charge on any atom is -0.491 e. The van der Waals surface area contributed by atoms with Gasteiger partial charge < -0.3 is 47.4 Å². The number of hydrogen-bond acceptors (Lipinski definition) is 14. The van der Waals surface area contributed by atoms with Crippen LogP contribution in [0.25, 0.3) is 50.1 Å². The van der Waals surface area contributed by atoms with Crippen LogP contribution < -0.4 is 9.47 Å². The van der Waals surface area contributed by atoms with Gasteiger partial charge in [0.1, 0.15) is 24.7 Å². The zero-order valence-corrected chi connectivity index (χ0v) is 48.2. The van der Waals surface area contributed by atoms with Crippen LogP contribution in [0.15, 0.2) is 48.5 Å². The first-order valence-corrected chi connectivity index (χ1v) is 31.5. The Kier molecular flexibility index (Phi) is 21.4. The monoisotopic (exact) mass is 1110 g/mol. The van der Waals surface area contributed by atoms with Gasteiger partial charge in [-0.25, -0.2) is 0 Å². The van der Waals surface area contributed by atoms with E-state index in [2.05, 4.69) is 93.9 Å². The number of fused-ring (bicyclic) bond motifs is 4. The molecule has 0 atom stereocenters. The first kappa shape index (κ1) is 55.8. The van der Waals surface area contributed by atoms with Gasteiger partial charge in [0.15, 0.2) is 0 Å². The minimum absolute atomic E-state index is 0.505. The molecule has 4 aliphatic rings. The van der Waals surface area contributed by atoms with Gasteiger partial charge in [0.25, 0.3) is 0 Å². The molecule has 4 aromatic heterocycles. The number of thiophene rings is 4. The molecule has 0 unspecified atom stereocenters. The molecule has 0 aliphatic heterocycles. The maximum Gasteiger partial charge on any atom is 0.119 e. The fraction of sp³-hybridized carbons (Fsp3) is 0.548. The van der Waals surface area contributed by atoms with Crippen molar-refractivity contribution < 1.29 is 47.4 Å². The fourth-order valence-electron chi connectivity index (χ4n) is 11.3. The molecule has 0 bridgehead atoms. The van der Waals surface area contributed by atoms with Gasteiger partial charge in [0, 0.05) is 53.2 Å².